The summed E-state index contributed by atoms with van der Waals surface area (Å²) in [6.45, 7) is 8.64. The van der Waals surface area contributed by atoms with E-state index in [0.29, 0.717) is 17.5 Å². The van der Waals surface area contributed by atoms with Gasteiger partial charge in [0.2, 0.25) is 11.8 Å². The fourth-order valence-electron chi connectivity index (χ4n) is 4.66. The first-order valence-corrected chi connectivity index (χ1v) is 13.2. The quantitative estimate of drug-likeness (QED) is 0.411. The number of aliphatic hydroxyl groups excluding tert-OH is 1. The maximum atomic E-state index is 14.0. The van der Waals surface area contributed by atoms with Gasteiger partial charge < -0.3 is 25.4 Å². The van der Waals surface area contributed by atoms with E-state index in [1.54, 1.807) is 45.0 Å². The molecule has 0 bridgehead atoms. The average Bonchev–Trinajstić information content (AvgIpc) is 2.82. The summed E-state index contributed by atoms with van der Waals surface area (Å²) in [5.41, 5.74) is 0.247. The van der Waals surface area contributed by atoms with Gasteiger partial charge in [0.25, 0.3) is 0 Å². The molecule has 37 heavy (non-hydrogen) atoms. The van der Waals surface area contributed by atoms with E-state index >= 15 is 0 Å². The van der Waals surface area contributed by atoms with E-state index in [0.717, 1.165) is 32.1 Å². The minimum atomic E-state index is -1.07. The van der Waals surface area contributed by atoms with E-state index in [2.05, 4.69) is 16.6 Å². The van der Waals surface area contributed by atoms with Crippen molar-refractivity contribution in [2.75, 3.05) is 13.2 Å². The number of ether oxygens (including phenoxy) is 1. The molecule has 1 aromatic rings. The molecule has 3 amide bonds. The minimum Gasteiger partial charge on any atom is -0.444 e. The molecule has 2 unspecified atom stereocenters. The summed E-state index contributed by atoms with van der Waals surface area (Å²) in [5.74, 6) is 1.85. The van der Waals surface area contributed by atoms with E-state index < -0.39 is 29.7 Å². The second-order valence-corrected chi connectivity index (χ2v) is 11.1. The van der Waals surface area contributed by atoms with Crippen molar-refractivity contribution in [1.29, 1.82) is 0 Å². The second kappa shape index (κ2) is 14.0. The zero-order chi connectivity index (χ0) is 27.6. The molecule has 1 saturated carbocycles. The maximum Gasteiger partial charge on any atom is 0.408 e. The van der Waals surface area contributed by atoms with Crippen LogP contribution in [-0.4, -0.2) is 58.8 Å². The standard InChI is InChI=1S/C29H43N3O5/c1-7-21-13-11-12-16-23(21)25(26(34)30-22-14-9-8-10-15-22)32(17-18-33)27(35)24(19-20(2)3)31-28(36)37-29(4,5)6/h1,11-13,16,20,22,24-25,33H,8-10,14-15,17-19H2,2-6H3,(H,30,34)(H,31,36). The first kappa shape index (κ1) is 30.2. The molecule has 0 radical (unpaired) electrons. The molecule has 8 nitrogen and oxygen atoms in total. The number of nitrogens with one attached hydrogen (secondary N) is 2. The van der Waals surface area contributed by atoms with Crippen LogP contribution in [0.3, 0.4) is 0 Å². The fourth-order valence-corrected chi connectivity index (χ4v) is 4.66. The van der Waals surface area contributed by atoms with Crippen LogP contribution < -0.4 is 10.6 Å². The molecule has 1 aliphatic rings. The third-order valence-electron chi connectivity index (χ3n) is 6.24. The third kappa shape index (κ3) is 9.40. The lowest BCUT2D eigenvalue weighted by Crippen LogP contribution is -2.55. The van der Waals surface area contributed by atoms with Crippen LogP contribution >= 0.6 is 0 Å². The van der Waals surface area contributed by atoms with Gasteiger partial charge in [0, 0.05) is 18.2 Å². The molecule has 204 valence electrons. The van der Waals surface area contributed by atoms with Crippen LogP contribution in [0.15, 0.2) is 24.3 Å². The smallest absolute Gasteiger partial charge is 0.408 e. The van der Waals surface area contributed by atoms with Gasteiger partial charge in [-0.3, -0.25) is 9.59 Å². The summed E-state index contributed by atoms with van der Waals surface area (Å²) in [4.78, 5) is 41.7. The summed E-state index contributed by atoms with van der Waals surface area (Å²) in [6.07, 6.45) is 10.3. The van der Waals surface area contributed by atoms with E-state index in [4.69, 9.17) is 11.2 Å². The average molecular weight is 514 g/mol. The Balaban J connectivity index is 2.48. The molecule has 8 heteroatoms. The van der Waals surface area contributed by atoms with Crippen molar-refractivity contribution in [3.05, 3.63) is 35.4 Å². The molecule has 0 aromatic heterocycles. The number of terminal acetylenes is 1. The van der Waals surface area contributed by atoms with E-state index in [9.17, 15) is 19.5 Å². The van der Waals surface area contributed by atoms with Crippen LogP contribution in [0.25, 0.3) is 0 Å². The summed E-state index contributed by atoms with van der Waals surface area (Å²) < 4.78 is 5.39. The van der Waals surface area contributed by atoms with Crippen LogP contribution in [0.1, 0.15) is 90.3 Å². The van der Waals surface area contributed by atoms with Gasteiger partial charge in [0.15, 0.2) is 0 Å². The molecule has 0 saturated heterocycles. The molecule has 1 aliphatic carbocycles. The number of carbonyl (C=O) groups excluding carboxylic acids is 3. The highest BCUT2D eigenvalue weighted by molar-refractivity contribution is 5.92. The minimum absolute atomic E-state index is 0.0131. The van der Waals surface area contributed by atoms with Crippen LogP contribution in [0.2, 0.25) is 0 Å². The molecular weight excluding hydrogens is 470 g/mol. The number of nitrogens with zero attached hydrogens (tertiary/aromatic N) is 1. The second-order valence-electron chi connectivity index (χ2n) is 11.1. The molecule has 0 heterocycles. The Morgan fingerprint density at radius 3 is 2.38 bits per heavy atom. The van der Waals surface area contributed by atoms with E-state index in [1.165, 1.54) is 4.90 Å². The lowest BCUT2D eigenvalue weighted by molar-refractivity contribution is -0.143. The Kier molecular flexibility index (Phi) is 11.4. The Hall–Kier alpha value is -3.05. The molecule has 2 rings (SSSR count). The van der Waals surface area contributed by atoms with Crippen molar-refractivity contribution in [2.45, 2.75) is 96.9 Å². The lowest BCUT2D eigenvalue weighted by Gasteiger charge is -2.36. The van der Waals surface area contributed by atoms with Crippen LogP contribution in [0.4, 0.5) is 4.79 Å². The molecule has 2 atom stereocenters. The van der Waals surface area contributed by atoms with E-state index in [-0.39, 0.29) is 31.0 Å². The molecule has 1 fully saturated rings. The number of benzene rings is 1. The number of alkyl carbamates (subject to hydrolysis) is 1. The van der Waals surface area contributed by atoms with Crippen molar-refractivity contribution in [3.63, 3.8) is 0 Å². The Morgan fingerprint density at radius 2 is 1.81 bits per heavy atom. The topological polar surface area (TPSA) is 108 Å². The first-order chi connectivity index (χ1) is 17.5. The first-order valence-electron chi connectivity index (χ1n) is 13.2. The zero-order valence-electron chi connectivity index (χ0n) is 22.9. The predicted molar refractivity (Wildman–Crippen MR) is 144 cm³/mol. The summed E-state index contributed by atoms with van der Waals surface area (Å²) in [5, 5.41) is 15.7. The van der Waals surface area contributed by atoms with Crippen LogP contribution in [-0.2, 0) is 14.3 Å². The van der Waals surface area contributed by atoms with Gasteiger partial charge in [-0.1, -0.05) is 57.2 Å². The largest absolute Gasteiger partial charge is 0.444 e. The highest BCUT2D eigenvalue weighted by Crippen LogP contribution is 2.27. The number of amides is 3. The number of hydrogen-bond acceptors (Lipinski definition) is 5. The predicted octanol–water partition coefficient (Wildman–Crippen LogP) is 3.92. The highest BCUT2D eigenvalue weighted by atomic mass is 16.6. The van der Waals surface area contributed by atoms with E-state index in [1.807, 2.05) is 13.8 Å². The number of carbonyl (C=O) groups is 3. The Morgan fingerprint density at radius 1 is 1.16 bits per heavy atom. The zero-order valence-corrected chi connectivity index (χ0v) is 22.9. The molecule has 3 N–H and O–H groups in total. The van der Waals surface area contributed by atoms with Gasteiger partial charge >= 0.3 is 6.09 Å². The Bertz CT molecular complexity index is 957. The maximum absolute atomic E-state index is 14.0. The summed E-state index contributed by atoms with van der Waals surface area (Å²) in [6, 6.07) is 4.99. The SMILES string of the molecule is C#Cc1ccccc1C(C(=O)NC1CCCCC1)N(CCO)C(=O)C(CC(C)C)NC(=O)OC(C)(C)C. The van der Waals surface area contributed by atoms with Crippen molar-refractivity contribution in [1.82, 2.24) is 15.5 Å². The third-order valence-corrected chi connectivity index (χ3v) is 6.24. The number of aliphatic hydroxyl groups is 1. The highest BCUT2D eigenvalue weighted by Gasteiger charge is 2.37. The van der Waals surface area contributed by atoms with Crippen molar-refractivity contribution < 1.29 is 24.2 Å². The number of hydrogen-bond donors (Lipinski definition) is 3. The van der Waals surface area contributed by atoms with Crippen molar-refractivity contribution in [2.24, 2.45) is 5.92 Å². The molecule has 1 aromatic carbocycles. The monoisotopic (exact) mass is 513 g/mol. The van der Waals surface area contributed by atoms with Gasteiger partial charge in [-0.25, -0.2) is 4.79 Å². The normalized spacial score (nSPS) is 15.8. The molecule has 0 aliphatic heterocycles. The Labute approximate surface area is 221 Å². The van der Waals surface area contributed by atoms with Crippen molar-refractivity contribution in [3.8, 4) is 12.3 Å². The van der Waals surface area contributed by atoms with Crippen molar-refractivity contribution >= 4 is 17.9 Å². The van der Waals surface area contributed by atoms with Gasteiger partial charge in [-0.05, 0) is 57.6 Å². The van der Waals surface area contributed by atoms with Gasteiger partial charge in [-0.15, -0.1) is 6.42 Å². The fraction of sp³-hybridized carbons (Fsp3) is 0.621. The molecule has 0 spiro atoms. The van der Waals surface area contributed by atoms with Gasteiger partial charge in [-0.2, -0.15) is 0 Å². The van der Waals surface area contributed by atoms with Gasteiger partial charge in [0.05, 0.1) is 6.61 Å². The summed E-state index contributed by atoms with van der Waals surface area (Å²) in [7, 11) is 0. The lowest BCUT2D eigenvalue weighted by atomic mass is 9.93. The summed E-state index contributed by atoms with van der Waals surface area (Å²) >= 11 is 0. The van der Waals surface area contributed by atoms with Crippen LogP contribution in [0, 0.1) is 18.3 Å². The van der Waals surface area contributed by atoms with Crippen LogP contribution in [0.5, 0.6) is 0 Å². The molecular formula is C29H43N3O5. The number of rotatable bonds is 10. The van der Waals surface area contributed by atoms with Gasteiger partial charge in [0.1, 0.15) is 17.7 Å².